The Kier molecular flexibility index (Phi) is 10.2. The summed E-state index contributed by atoms with van der Waals surface area (Å²) in [7, 11) is 2.08. The van der Waals surface area contributed by atoms with Crippen LogP contribution in [-0.2, 0) is 4.79 Å². The molecule has 42 heavy (non-hydrogen) atoms. The van der Waals surface area contributed by atoms with E-state index in [0.717, 1.165) is 88.8 Å². The van der Waals surface area contributed by atoms with Crippen LogP contribution in [0.15, 0.2) is 18.2 Å². The van der Waals surface area contributed by atoms with Gasteiger partial charge in [0.2, 0.25) is 5.91 Å². The number of nitrogens with two attached hydrogens (primary N) is 2. The third kappa shape index (κ3) is 7.16. The topological polar surface area (TPSA) is 129 Å². The number of hydrogen-bond donors (Lipinski definition) is 5. The zero-order valence-corrected chi connectivity index (χ0v) is 25.5. The lowest BCUT2D eigenvalue weighted by Gasteiger charge is -2.41. The first-order chi connectivity index (χ1) is 20.2. The second-order valence-corrected chi connectivity index (χ2v) is 13.5. The number of benzene rings is 1. The Morgan fingerprint density at radius 1 is 1.07 bits per heavy atom. The van der Waals surface area contributed by atoms with Crippen LogP contribution in [0.1, 0.15) is 78.8 Å². The first-order valence-electron chi connectivity index (χ1n) is 16.1. The largest absolute Gasteiger partial charge is 0.351 e. The molecule has 4 fully saturated rings. The maximum atomic E-state index is 14.7. The summed E-state index contributed by atoms with van der Waals surface area (Å²) in [5.74, 6) is -0.640. The lowest BCUT2D eigenvalue weighted by Crippen LogP contribution is -2.61. The highest BCUT2D eigenvalue weighted by Crippen LogP contribution is 2.47. The first-order valence-corrected chi connectivity index (χ1v) is 16.1. The van der Waals surface area contributed by atoms with Crippen LogP contribution in [0.3, 0.4) is 0 Å². The summed E-state index contributed by atoms with van der Waals surface area (Å²) in [4.78, 5) is 31.3. The summed E-state index contributed by atoms with van der Waals surface area (Å²) >= 11 is 0. The molecule has 3 heterocycles. The highest BCUT2D eigenvalue weighted by atomic mass is 19.1. The van der Waals surface area contributed by atoms with Crippen molar-refractivity contribution in [2.24, 2.45) is 22.8 Å². The van der Waals surface area contributed by atoms with E-state index >= 15 is 0 Å². The van der Waals surface area contributed by atoms with Crippen molar-refractivity contribution in [1.82, 2.24) is 25.8 Å². The summed E-state index contributed by atoms with van der Waals surface area (Å²) in [6.45, 7) is 7.03. The lowest BCUT2D eigenvalue weighted by atomic mass is 9.72. The molecule has 5 rings (SSSR count). The summed E-state index contributed by atoms with van der Waals surface area (Å²) in [5.41, 5.74) is 15.6. The minimum atomic E-state index is -0.927. The molecule has 4 aliphatic rings. The van der Waals surface area contributed by atoms with Crippen molar-refractivity contribution in [3.05, 3.63) is 34.9 Å². The molecule has 1 aromatic carbocycles. The Morgan fingerprint density at radius 3 is 2.50 bits per heavy atom. The van der Waals surface area contributed by atoms with Crippen LogP contribution < -0.4 is 27.4 Å². The van der Waals surface area contributed by atoms with Crippen LogP contribution >= 0.6 is 0 Å². The van der Waals surface area contributed by atoms with Gasteiger partial charge >= 0.3 is 0 Å². The average Bonchev–Trinajstić information content (AvgIpc) is 3.43. The lowest BCUT2D eigenvalue weighted by molar-refractivity contribution is -0.128. The van der Waals surface area contributed by atoms with E-state index in [4.69, 9.17) is 11.5 Å². The zero-order valence-electron chi connectivity index (χ0n) is 25.5. The van der Waals surface area contributed by atoms with Crippen LogP contribution in [0, 0.1) is 18.3 Å². The SMILES string of the molecule is Cc1cc(C(=O)N2CCN(C)CC2)ccc1C1CCNCC1NC(=O)C(C(N)N)C1CC2(CCCC2)CCC(F)CN1. The average molecular weight is 586 g/mol. The number of aryl methyl sites for hydroxylation is 1. The predicted molar refractivity (Wildman–Crippen MR) is 164 cm³/mol. The number of alkyl halides is 1. The van der Waals surface area contributed by atoms with Gasteiger partial charge in [0, 0.05) is 62.8 Å². The molecule has 0 bridgehead atoms. The molecular weight excluding hydrogens is 533 g/mol. The molecule has 1 spiro atoms. The van der Waals surface area contributed by atoms with E-state index in [1.165, 1.54) is 0 Å². The summed E-state index contributed by atoms with van der Waals surface area (Å²) < 4.78 is 14.7. The van der Waals surface area contributed by atoms with E-state index in [-0.39, 0.29) is 41.8 Å². The van der Waals surface area contributed by atoms with Crippen molar-refractivity contribution in [3.8, 4) is 0 Å². The van der Waals surface area contributed by atoms with Gasteiger partial charge in [-0.3, -0.25) is 9.59 Å². The summed E-state index contributed by atoms with van der Waals surface area (Å²) in [6.07, 6.45) is 5.79. The monoisotopic (exact) mass is 585 g/mol. The van der Waals surface area contributed by atoms with Crippen molar-refractivity contribution in [2.75, 3.05) is 52.9 Å². The second kappa shape index (κ2) is 13.7. The number of likely N-dealkylation sites (N-methyl/N-ethyl adjacent to an activating group) is 1. The molecule has 2 amide bonds. The number of nitrogens with one attached hydrogen (secondary N) is 3. The van der Waals surface area contributed by atoms with Crippen LogP contribution in [-0.4, -0.2) is 98.9 Å². The van der Waals surface area contributed by atoms with Crippen molar-refractivity contribution < 1.29 is 14.0 Å². The van der Waals surface area contributed by atoms with E-state index < -0.39 is 18.3 Å². The van der Waals surface area contributed by atoms with Crippen LogP contribution in [0.2, 0.25) is 0 Å². The zero-order chi connectivity index (χ0) is 29.9. The van der Waals surface area contributed by atoms with Crippen molar-refractivity contribution in [2.45, 2.75) is 88.6 Å². The van der Waals surface area contributed by atoms with E-state index in [9.17, 15) is 14.0 Å². The Morgan fingerprint density at radius 2 is 1.81 bits per heavy atom. The Balaban J connectivity index is 1.30. The number of piperazine rings is 1. The number of amides is 2. The third-order valence-electron chi connectivity index (χ3n) is 10.6. The van der Waals surface area contributed by atoms with E-state index in [1.54, 1.807) is 0 Å². The minimum absolute atomic E-state index is 0.0607. The molecule has 0 radical (unpaired) electrons. The highest BCUT2D eigenvalue weighted by molar-refractivity contribution is 5.94. The molecule has 5 atom stereocenters. The fourth-order valence-corrected chi connectivity index (χ4v) is 8.02. The standard InChI is InChI=1S/C32H52FN7O2/c1-21-17-22(31(42)40-15-13-39(2)14-16-40)5-6-24(21)25-8-12-36-20-27(25)38-30(41)28(29(34)35)26-18-32(9-3-4-10-32)11-7-23(33)19-37-26/h5-6,17,23,25-29,36-37H,3-4,7-16,18-20,34-35H2,1-2H3,(H,38,41). The molecule has 5 unspecified atom stereocenters. The van der Waals surface area contributed by atoms with Gasteiger partial charge in [0.05, 0.1) is 12.1 Å². The number of piperidine rings is 1. The van der Waals surface area contributed by atoms with Gasteiger partial charge in [-0.15, -0.1) is 0 Å². The number of rotatable bonds is 6. The van der Waals surface area contributed by atoms with Gasteiger partial charge in [0.1, 0.15) is 6.17 Å². The number of nitrogens with zero attached hydrogens (tertiary/aromatic N) is 2. The van der Waals surface area contributed by atoms with Gasteiger partial charge in [-0.25, -0.2) is 4.39 Å². The molecule has 1 aliphatic carbocycles. The smallest absolute Gasteiger partial charge is 0.253 e. The summed E-state index contributed by atoms with van der Waals surface area (Å²) in [5, 5.41) is 10.1. The van der Waals surface area contributed by atoms with Crippen molar-refractivity contribution in [3.63, 3.8) is 0 Å². The van der Waals surface area contributed by atoms with Crippen molar-refractivity contribution in [1.29, 1.82) is 0 Å². The third-order valence-corrected chi connectivity index (χ3v) is 10.6. The molecule has 0 aromatic heterocycles. The minimum Gasteiger partial charge on any atom is -0.351 e. The van der Waals surface area contributed by atoms with Crippen LogP contribution in [0.4, 0.5) is 4.39 Å². The fraction of sp³-hybridized carbons (Fsp3) is 0.750. The molecule has 9 nitrogen and oxygen atoms in total. The second-order valence-electron chi connectivity index (χ2n) is 13.5. The Labute approximate surface area is 250 Å². The molecule has 1 saturated carbocycles. The van der Waals surface area contributed by atoms with E-state index in [0.29, 0.717) is 18.5 Å². The Hall–Kier alpha value is -2.11. The van der Waals surface area contributed by atoms with Crippen LogP contribution in [0.25, 0.3) is 0 Å². The molecule has 1 aromatic rings. The normalized spacial score (nSPS) is 29.7. The molecule has 3 saturated heterocycles. The number of hydrogen-bond acceptors (Lipinski definition) is 7. The van der Waals surface area contributed by atoms with Crippen molar-refractivity contribution >= 4 is 11.8 Å². The van der Waals surface area contributed by atoms with Gasteiger partial charge in [0.25, 0.3) is 5.91 Å². The van der Waals surface area contributed by atoms with E-state index in [2.05, 4.69) is 40.9 Å². The number of carbonyl (C=O) groups excluding carboxylic acids is 2. The Bertz CT molecular complexity index is 1090. The predicted octanol–water partition coefficient (Wildman–Crippen LogP) is 1.84. The van der Waals surface area contributed by atoms with Gasteiger partial charge in [-0.1, -0.05) is 18.9 Å². The van der Waals surface area contributed by atoms with Gasteiger partial charge in [0.15, 0.2) is 0 Å². The fourth-order valence-electron chi connectivity index (χ4n) is 8.02. The van der Waals surface area contributed by atoms with Crippen LogP contribution in [0.5, 0.6) is 0 Å². The number of carbonyl (C=O) groups is 2. The maximum Gasteiger partial charge on any atom is 0.253 e. The maximum absolute atomic E-state index is 14.7. The first kappa shape index (κ1) is 31.3. The van der Waals surface area contributed by atoms with Gasteiger partial charge in [-0.05, 0) is 87.7 Å². The van der Waals surface area contributed by atoms with Gasteiger partial charge < -0.3 is 37.2 Å². The quantitative estimate of drug-likeness (QED) is 0.322. The van der Waals surface area contributed by atoms with Gasteiger partial charge in [-0.2, -0.15) is 0 Å². The summed E-state index contributed by atoms with van der Waals surface area (Å²) in [6, 6.07) is 5.60. The molecule has 10 heteroatoms. The molecule has 3 aliphatic heterocycles. The van der Waals surface area contributed by atoms with E-state index in [1.807, 2.05) is 17.0 Å². The molecule has 7 N–H and O–H groups in total. The molecule has 234 valence electrons. The highest BCUT2D eigenvalue weighted by Gasteiger charge is 2.43. The molecular formula is C32H52FN7O2. The number of halogens is 1.